The smallest absolute Gasteiger partial charge is 0.240 e. The second-order valence-electron chi connectivity index (χ2n) is 14.0. The first-order chi connectivity index (χ1) is 19.3. The van der Waals surface area contributed by atoms with Crippen molar-refractivity contribution in [2.75, 3.05) is 65.9 Å². The van der Waals surface area contributed by atoms with Crippen molar-refractivity contribution in [1.29, 1.82) is 0 Å². The quantitative estimate of drug-likeness (QED) is 0.331. The molecule has 8 atom stereocenters. The van der Waals surface area contributed by atoms with Crippen LogP contribution in [0.15, 0.2) is 24.3 Å². The van der Waals surface area contributed by atoms with E-state index in [1.807, 2.05) is 0 Å². The molecule has 4 aliphatic rings. The molecule has 1 heterocycles. The van der Waals surface area contributed by atoms with Crippen LogP contribution in [0.1, 0.15) is 46.1 Å². The minimum atomic E-state index is -0.803. The Labute approximate surface area is 247 Å². The summed E-state index contributed by atoms with van der Waals surface area (Å²) in [6.07, 6.45) is 0.799. The summed E-state index contributed by atoms with van der Waals surface area (Å²) in [6.45, 7) is 12.5. The number of rotatable bonds is 13. The molecule has 232 valence electrons. The molecule has 1 aromatic carbocycles. The number of carbonyl (C=O) groups is 1. The number of carbonyl (C=O) groups excluding carboxylic acids is 1. The summed E-state index contributed by atoms with van der Waals surface area (Å²) in [4.78, 5) is 26.9. The first-order valence-corrected chi connectivity index (χ1v) is 15.5. The molecule has 1 unspecified atom stereocenters. The summed E-state index contributed by atoms with van der Waals surface area (Å²) in [5.41, 5.74) is 2.50. The second kappa shape index (κ2) is 13.3. The van der Waals surface area contributed by atoms with Gasteiger partial charge in [0.25, 0.3) is 0 Å². The predicted molar refractivity (Wildman–Crippen MR) is 163 cm³/mol. The second-order valence-corrected chi connectivity index (χ2v) is 14.0. The van der Waals surface area contributed by atoms with Crippen LogP contribution in [0.5, 0.6) is 0 Å². The van der Waals surface area contributed by atoms with Crippen LogP contribution >= 0.6 is 0 Å². The summed E-state index contributed by atoms with van der Waals surface area (Å²) in [7, 11) is 8.35. The van der Waals surface area contributed by atoms with Crippen molar-refractivity contribution < 1.29 is 19.8 Å². The van der Waals surface area contributed by atoms with E-state index >= 15 is 0 Å². The van der Waals surface area contributed by atoms with Crippen molar-refractivity contribution in [1.82, 2.24) is 20.2 Å². The SMILES string of the molecule is CC1[C@@H](NC(=O)[C@@H]2[C@H]([C@H](C)O)[C@H](CO)ON2Cc2cccc(N(CCN(C)C)CCN(C)C)c2)C[C@H]2C[C@@H]1C2(C)C. The zero-order valence-corrected chi connectivity index (χ0v) is 26.6. The predicted octanol–water partition coefficient (Wildman–Crippen LogP) is 2.28. The Morgan fingerprint density at radius 1 is 1.12 bits per heavy atom. The lowest BCUT2D eigenvalue weighted by Crippen LogP contribution is -2.62. The highest BCUT2D eigenvalue weighted by atomic mass is 16.7. The van der Waals surface area contributed by atoms with E-state index in [9.17, 15) is 15.0 Å². The number of fused-ring (bicyclic) bond motifs is 2. The zero-order valence-electron chi connectivity index (χ0n) is 26.6. The Bertz CT molecular complexity index is 1010. The number of aliphatic hydroxyl groups excluding tert-OH is 2. The third-order valence-electron chi connectivity index (χ3n) is 10.3. The number of hydroxylamine groups is 2. The Morgan fingerprint density at radius 3 is 2.32 bits per heavy atom. The number of benzene rings is 1. The summed E-state index contributed by atoms with van der Waals surface area (Å²) in [6, 6.07) is 7.85. The normalized spacial score (nSPS) is 31.8. The van der Waals surface area contributed by atoms with Gasteiger partial charge in [0.2, 0.25) is 5.91 Å². The van der Waals surface area contributed by atoms with E-state index in [-0.39, 0.29) is 18.6 Å². The van der Waals surface area contributed by atoms with Crippen molar-refractivity contribution in [3.63, 3.8) is 0 Å². The summed E-state index contributed by atoms with van der Waals surface area (Å²) in [5.74, 6) is 1.02. The molecule has 5 rings (SSSR count). The number of nitrogens with zero attached hydrogens (tertiary/aromatic N) is 4. The maximum atomic E-state index is 13.9. The maximum absolute atomic E-state index is 13.9. The molecule has 9 nitrogen and oxygen atoms in total. The van der Waals surface area contributed by atoms with E-state index in [4.69, 9.17) is 4.84 Å². The minimum Gasteiger partial charge on any atom is -0.394 e. The topological polar surface area (TPSA) is 91.7 Å². The van der Waals surface area contributed by atoms with Gasteiger partial charge in [-0.15, -0.1) is 0 Å². The maximum Gasteiger partial charge on any atom is 0.240 e. The lowest BCUT2D eigenvalue weighted by atomic mass is 9.45. The van der Waals surface area contributed by atoms with Gasteiger partial charge in [0.1, 0.15) is 12.1 Å². The standard InChI is InChI=1S/C32H55N5O4/c1-21-26-17-24(32(26,3)4)18-27(21)33-31(40)30-29(22(2)39)28(20-38)41-37(30)19-23-10-9-11-25(16-23)36(14-12-34(5)6)15-13-35(7)8/h9-11,16,21-22,24,26-30,38-39H,12-15,17-20H2,1-8H3,(H,33,40)/t21?,22-,24+,26-,27-,28-,29+,30-/m0/s1. The molecular weight excluding hydrogens is 518 g/mol. The van der Waals surface area contributed by atoms with Gasteiger partial charge in [-0.2, -0.15) is 5.06 Å². The largest absolute Gasteiger partial charge is 0.394 e. The average molecular weight is 574 g/mol. The number of aliphatic hydroxyl groups is 2. The fraction of sp³-hybridized carbons (Fsp3) is 0.781. The van der Waals surface area contributed by atoms with Crippen molar-refractivity contribution in [2.45, 2.75) is 71.4 Å². The van der Waals surface area contributed by atoms with Crippen molar-refractivity contribution >= 4 is 11.6 Å². The van der Waals surface area contributed by atoms with E-state index < -0.39 is 24.2 Å². The van der Waals surface area contributed by atoms with Gasteiger partial charge in [0, 0.05) is 43.8 Å². The fourth-order valence-corrected chi connectivity index (χ4v) is 7.53. The molecule has 3 N–H and O–H groups in total. The van der Waals surface area contributed by atoms with E-state index in [0.717, 1.165) is 43.9 Å². The van der Waals surface area contributed by atoms with E-state index in [0.29, 0.717) is 29.7 Å². The molecule has 1 aliphatic heterocycles. The number of likely N-dealkylation sites (N-methyl/N-ethyl adjacent to an activating group) is 2. The van der Waals surface area contributed by atoms with Gasteiger partial charge in [0.05, 0.1) is 19.3 Å². The summed E-state index contributed by atoms with van der Waals surface area (Å²) < 4.78 is 0. The van der Waals surface area contributed by atoms with Gasteiger partial charge in [-0.25, -0.2) is 0 Å². The van der Waals surface area contributed by atoms with Crippen LogP contribution in [0.4, 0.5) is 5.69 Å². The van der Waals surface area contributed by atoms with Crippen LogP contribution in [0.25, 0.3) is 0 Å². The first-order valence-electron chi connectivity index (χ1n) is 15.5. The number of anilines is 1. The van der Waals surface area contributed by atoms with Crippen molar-refractivity contribution in [2.24, 2.45) is 29.1 Å². The lowest BCUT2D eigenvalue weighted by molar-refractivity contribution is -0.183. The third kappa shape index (κ3) is 7.08. The van der Waals surface area contributed by atoms with Crippen LogP contribution in [-0.4, -0.2) is 116 Å². The van der Waals surface area contributed by atoms with Gasteiger partial charge in [-0.3, -0.25) is 9.63 Å². The van der Waals surface area contributed by atoms with Gasteiger partial charge in [-0.05, 0) is 88.8 Å². The Kier molecular flexibility index (Phi) is 10.4. The molecule has 3 saturated carbocycles. The molecule has 0 radical (unpaired) electrons. The van der Waals surface area contributed by atoms with E-state index in [2.05, 4.69) is 93.2 Å². The molecule has 1 saturated heterocycles. The van der Waals surface area contributed by atoms with Gasteiger partial charge in [-0.1, -0.05) is 32.9 Å². The van der Waals surface area contributed by atoms with Crippen LogP contribution in [0.3, 0.4) is 0 Å². The van der Waals surface area contributed by atoms with E-state index in [1.54, 1.807) is 12.0 Å². The van der Waals surface area contributed by atoms with Crippen molar-refractivity contribution in [3.05, 3.63) is 29.8 Å². The highest BCUT2D eigenvalue weighted by Crippen LogP contribution is 2.61. The summed E-state index contributed by atoms with van der Waals surface area (Å²) >= 11 is 0. The number of hydrogen-bond acceptors (Lipinski definition) is 8. The highest BCUT2D eigenvalue weighted by molar-refractivity contribution is 5.82. The molecule has 9 heteroatoms. The monoisotopic (exact) mass is 573 g/mol. The number of amides is 1. The first kappa shape index (κ1) is 32.2. The summed E-state index contributed by atoms with van der Waals surface area (Å²) in [5, 5.41) is 26.0. The Hall–Kier alpha value is -1.75. The van der Waals surface area contributed by atoms with Crippen LogP contribution in [0, 0.1) is 29.1 Å². The Morgan fingerprint density at radius 2 is 1.78 bits per heavy atom. The third-order valence-corrected chi connectivity index (χ3v) is 10.3. The van der Waals surface area contributed by atoms with E-state index in [1.165, 1.54) is 6.42 Å². The Balaban J connectivity index is 1.52. The molecule has 0 aromatic heterocycles. The minimum absolute atomic E-state index is 0.113. The zero-order chi connectivity index (χ0) is 30.1. The van der Waals surface area contributed by atoms with Gasteiger partial charge in [0.15, 0.2) is 0 Å². The van der Waals surface area contributed by atoms with Gasteiger partial charge < -0.3 is 30.2 Å². The number of hydrogen-bond donors (Lipinski definition) is 3. The molecule has 4 fully saturated rings. The molecular formula is C32H55N5O4. The lowest BCUT2D eigenvalue weighted by Gasteiger charge is -2.62. The van der Waals surface area contributed by atoms with Crippen molar-refractivity contribution in [3.8, 4) is 0 Å². The fourth-order valence-electron chi connectivity index (χ4n) is 7.53. The average Bonchev–Trinajstić information content (AvgIpc) is 3.28. The molecule has 1 aromatic rings. The van der Waals surface area contributed by atoms with Gasteiger partial charge >= 0.3 is 0 Å². The highest BCUT2D eigenvalue weighted by Gasteiger charge is 2.57. The molecule has 3 aliphatic carbocycles. The molecule has 2 bridgehead atoms. The molecule has 41 heavy (non-hydrogen) atoms. The molecule has 0 spiro atoms. The molecule has 1 amide bonds. The van der Waals surface area contributed by atoms with Crippen LogP contribution in [0.2, 0.25) is 0 Å². The van der Waals surface area contributed by atoms with Crippen LogP contribution < -0.4 is 10.2 Å². The number of nitrogens with one attached hydrogen (secondary N) is 1. The van der Waals surface area contributed by atoms with Crippen LogP contribution in [-0.2, 0) is 16.2 Å².